The topological polar surface area (TPSA) is 84.2 Å². The molecule has 0 N–H and O–H groups in total. The molecule has 8 heteroatoms. The molecule has 8 nitrogen and oxygen atoms in total. The summed E-state index contributed by atoms with van der Waals surface area (Å²) in [5, 5.41) is 11.8. The van der Waals surface area contributed by atoms with E-state index in [0.717, 1.165) is 18.4 Å². The number of hydrogen-bond donors (Lipinski definition) is 0. The average molecular weight is 354 g/mol. The molecule has 2 fully saturated rings. The Morgan fingerprint density at radius 1 is 1.19 bits per heavy atom. The van der Waals surface area contributed by atoms with Crippen LogP contribution in [-0.2, 0) is 11.8 Å². The fourth-order valence-corrected chi connectivity index (χ4v) is 4.41. The highest BCUT2D eigenvalue weighted by atomic mass is 16.2. The van der Waals surface area contributed by atoms with E-state index in [4.69, 9.17) is 0 Å². The lowest BCUT2D eigenvalue weighted by Crippen LogP contribution is -2.55. The third-order valence-electron chi connectivity index (χ3n) is 5.94. The molecule has 2 aromatic heterocycles. The first-order valence-corrected chi connectivity index (χ1v) is 8.82. The van der Waals surface area contributed by atoms with Gasteiger partial charge in [0, 0.05) is 45.7 Å². The smallest absolute Gasteiger partial charge is 0.255 e. The van der Waals surface area contributed by atoms with Crippen molar-refractivity contribution in [2.75, 3.05) is 20.1 Å². The average Bonchev–Trinajstić information content (AvgIpc) is 3.20. The predicted octanol–water partition coefficient (Wildman–Crippen LogP) is 0.831. The van der Waals surface area contributed by atoms with E-state index < -0.39 is 0 Å². The van der Waals surface area contributed by atoms with Crippen LogP contribution in [-0.4, -0.2) is 67.3 Å². The van der Waals surface area contributed by atoms with Crippen molar-refractivity contribution >= 4 is 11.8 Å². The van der Waals surface area contributed by atoms with Crippen LogP contribution in [0.4, 0.5) is 0 Å². The van der Waals surface area contributed by atoms with Gasteiger partial charge in [-0.05, 0) is 24.5 Å². The van der Waals surface area contributed by atoms with Crippen molar-refractivity contribution in [2.24, 2.45) is 7.05 Å². The van der Waals surface area contributed by atoms with Crippen LogP contribution in [0.1, 0.15) is 41.1 Å². The molecule has 0 radical (unpaired) electrons. The Hall–Kier alpha value is -2.77. The fourth-order valence-electron chi connectivity index (χ4n) is 4.41. The monoisotopic (exact) mass is 354 g/mol. The van der Waals surface area contributed by atoms with Gasteiger partial charge in [0.2, 0.25) is 5.91 Å². The Bertz CT molecular complexity index is 825. The van der Waals surface area contributed by atoms with Crippen LogP contribution >= 0.6 is 0 Å². The summed E-state index contributed by atoms with van der Waals surface area (Å²) >= 11 is 0. The first-order chi connectivity index (χ1) is 12.5. The minimum absolute atomic E-state index is 0.0281. The summed E-state index contributed by atoms with van der Waals surface area (Å²) in [4.78, 5) is 28.9. The van der Waals surface area contributed by atoms with Gasteiger partial charge in [0.05, 0.1) is 29.7 Å². The highest BCUT2D eigenvalue weighted by Crippen LogP contribution is 2.48. The SMILES string of the molecule is CN1C(=O)C[C@@H](c2cnn(C)c2)C12CCN(C(=O)c1ccnnc1)CC2. The molecule has 0 bridgehead atoms. The maximum atomic E-state index is 12.7. The maximum Gasteiger partial charge on any atom is 0.255 e. The number of aromatic nitrogens is 4. The Morgan fingerprint density at radius 2 is 1.96 bits per heavy atom. The molecule has 2 aliphatic heterocycles. The molecule has 26 heavy (non-hydrogen) atoms. The van der Waals surface area contributed by atoms with E-state index in [1.165, 1.54) is 12.4 Å². The van der Waals surface area contributed by atoms with Crippen molar-refractivity contribution in [2.45, 2.75) is 30.7 Å². The molecule has 0 saturated carbocycles. The quantitative estimate of drug-likeness (QED) is 0.798. The maximum absolute atomic E-state index is 12.7. The van der Waals surface area contributed by atoms with Crippen LogP contribution in [0.15, 0.2) is 30.9 Å². The third kappa shape index (κ3) is 2.56. The molecule has 4 rings (SSSR count). The van der Waals surface area contributed by atoms with Gasteiger partial charge in [-0.15, -0.1) is 0 Å². The van der Waals surface area contributed by atoms with E-state index >= 15 is 0 Å². The van der Waals surface area contributed by atoms with Gasteiger partial charge in [-0.1, -0.05) is 0 Å². The van der Waals surface area contributed by atoms with Crippen molar-refractivity contribution in [3.8, 4) is 0 Å². The Balaban J connectivity index is 1.55. The van der Waals surface area contributed by atoms with Crippen LogP contribution in [0.5, 0.6) is 0 Å². The van der Waals surface area contributed by atoms with E-state index in [2.05, 4.69) is 15.3 Å². The van der Waals surface area contributed by atoms with Gasteiger partial charge in [0.15, 0.2) is 0 Å². The zero-order chi connectivity index (χ0) is 18.3. The lowest BCUT2D eigenvalue weighted by molar-refractivity contribution is -0.130. The molecule has 1 spiro atoms. The number of piperidine rings is 1. The minimum atomic E-state index is -0.243. The molecule has 2 saturated heterocycles. The number of carbonyl (C=O) groups is 2. The van der Waals surface area contributed by atoms with E-state index in [0.29, 0.717) is 25.1 Å². The van der Waals surface area contributed by atoms with Crippen LogP contribution in [0, 0.1) is 0 Å². The van der Waals surface area contributed by atoms with Gasteiger partial charge >= 0.3 is 0 Å². The number of aryl methyl sites for hydroxylation is 1. The van der Waals surface area contributed by atoms with Crippen molar-refractivity contribution in [3.05, 3.63) is 42.0 Å². The van der Waals surface area contributed by atoms with Crippen LogP contribution in [0.25, 0.3) is 0 Å². The van der Waals surface area contributed by atoms with Gasteiger partial charge in [0.25, 0.3) is 5.91 Å². The number of likely N-dealkylation sites (N-methyl/N-ethyl adjacent to an activating group) is 1. The molecular weight excluding hydrogens is 332 g/mol. The molecule has 1 atom stereocenters. The molecule has 2 aliphatic rings. The molecule has 136 valence electrons. The summed E-state index contributed by atoms with van der Waals surface area (Å²) in [5.74, 6) is 0.255. The highest BCUT2D eigenvalue weighted by Gasteiger charge is 2.53. The summed E-state index contributed by atoms with van der Waals surface area (Å²) in [7, 11) is 3.78. The van der Waals surface area contributed by atoms with Gasteiger partial charge < -0.3 is 9.80 Å². The number of likely N-dealkylation sites (tertiary alicyclic amines) is 2. The first-order valence-electron chi connectivity index (χ1n) is 8.82. The number of hydrogen-bond acceptors (Lipinski definition) is 5. The fraction of sp³-hybridized carbons (Fsp3) is 0.500. The van der Waals surface area contributed by atoms with Crippen molar-refractivity contribution in [1.82, 2.24) is 29.8 Å². The minimum Gasteiger partial charge on any atom is -0.339 e. The molecule has 4 heterocycles. The van der Waals surface area contributed by atoms with Gasteiger partial charge in [-0.3, -0.25) is 14.3 Å². The number of carbonyl (C=O) groups excluding carboxylic acids is 2. The van der Waals surface area contributed by atoms with Crippen LogP contribution < -0.4 is 0 Å². The number of nitrogens with zero attached hydrogens (tertiary/aromatic N) is 6. The summed E-state index contributed by atoms with van der Waals surface area (Å²) in [6.07, 6.45) is 8.91. The highest BCUT2D eigenvalue weighted by molar-refractivity contribution is 5.94. The van der Waals surface area contributed by atoms with Gasteiger partial charge in [-0.25, -0.2) is 0 Å². The Labute approximate surface area is 151 Å². The normalized spacial score (nSPS) is 22.2. The molecular formula is C18H22N6O2. The second-order valence-corrected chi connectivity index (χ2v) is 7.18. The molecule has 0 aliphatic carbocycles. The zero-order valence-electron chi connectivity index (χ0n) is 15.0. The second kappa shape index (κ2) is 6.19. The summed E-state index contributed by atoms with van der Waals surface area (Å²) in [6, 6.07) is 1.68. The van der Waals surface area contributed by atoms with E-state index in [1.807, 2.05) is 36.3 Å². The molecule has 2 amide bonds. The second-order valence-electron chi connectivity index (χ2n) is 7.18. The molecule has 0 unspecified atom stereocenters. The zero-order valence-corrected chi connectivity index (χ0v) is 15.0. The number of amides is 2. The summed E-state index contributed by atoms with van der Waals surface area (Å²) < 4.78 is 1.78. The summed E-state index contributed by atoms with van der Waals surface area (Å²) in [5.41, 5.74) is 1.41. The molecule has 0 aromatic carbocycles. The summed E-state index contributed by atoms with van der Waals surface area (Å²) in [6.45, 7) is 1.24. The standard InChI is InChI=1S/C18H22N6O2/c1-22-12-14(11-21-22)15-9-16(25)23(2)18(15)4-7-24(8-5-18)17(26)13-3-6-19-20-10-13/h3,6,10-12,15H,4-5,7-9H2,1-2H3/t15-/m0/s1. The Kier molecular flexibility index (Phi) is 3.97. The first kappa shape index (κ1) is 16.7. The Morgan fingerprint density at radius 3 is 2.58 bits per heavy atom. The van der Waals surface area contributed by atoms with Crippen molar-refractivity contribution < 1.29 is 9.59 Å². The van der Waals surface area contributed by atoms with E-state index in [1.54, 1.807) is 10.7 Å². The lowest BCUT2D eigenvalue weighted by Gasteiger charge is -2.46. The van der Waals surface area contributed by atoms with Crippen LogP contribution in [0.2, 0.25) is 0 Å². The number of rotatable bonds is 2. The lowest BCUT2D eigenvalue weighted by atomic mass is 9.74. The predicted molar refractivity (Wildman–Crippen MR) is 93.2 cm³/mol. The van der Waals surface area contributed by atoms with Crippen LogP contribution in [0.3, 0.4) is 0 Å². The van der Waals surface area contributed by atoms with E-state index in [9.17, 15) is 9.59 Å². The largest absolute Gasteiger partial charge is 0.339 e. The van der Waals surface area contributed by atoms with Crippen molar-refractivity contribution in [1.29, 1.82) is 0 Å². The van der Waals surface area contributed by atoms with Crippen molar-refractivity contribution in [3.63, 3.8) is 0 Å². The van der Waals surface area contributed by atoms with Gasteiger partial charge in [-0.2, -0.15) is 15.3 Å². The third-order valence-corrected chi connectivity index (χ3v) is 5.94. The van der Waals surface area contributed by atoms with E-state index in [-0.39, 0.29) is 23.3 Å². The molecule has 2 aromatic rings. The van der Waals surface area contributed by atoms with Gasteiger partial charge in [0.1, 0.15) is 0 Å².